The summed E-state index contributed by atoms with van der Waals surface area (Å²) in [5.41, 5.74) is 13.7. The van der Waals surface area contributed by atoms with Crippen LogP contribution in [0.1, 0.15) is 31.9 Å². The van der Waals surface area contributed by atoms with Crippen molar-refractivity contribution in [3.8, 4) is 0 Å². The quantitative estimate of drug-likeness (QED) is 0.563. The van der Waals surface area contributed by atoms with Gasteiger partial charge < -0.3 is 21.5 Å². The van der Waals surface area contributed by atoms with E-state index in [1.807, 2.05) is 0 Å². The number of likely N-dealkylation sites (tertiary alicyclic amines) is 1. The summed E-state index contributed by atoms with van der Waals surface area (Å²) in [6.07, 6.45) is -1.18. The molecule has 5 N–H and O–H groups in total. The Kier molecular flexibility index (Phi) is 5.02. The van der Waals surface area contributed by atoms with E-state index in [2.05, 4.69) is 10.3 Å². The Bertz CT molecular complexity index is 782. The van der Waals surface area contributed by atoms with Crippen molar-refractivity contribution >= 4 is 35.2 Å². The highest BCUT2D eigenvalue weighted by Gasteiger charge is 2.65. The van der Waals surface area contributed by atoms with Gasteiger partial charge in [0.2, 0.25) is 0 Å². The number of quaternary nitrogens is 1. The van der Waals surface area contributed by atoms with E-state index in [1.165, 1.54) is 18.3 Å². The van der Waals surface area contributed by atoms with Crippen LogP contribution in [0.2, 0.25) is 0 Å². The first kappa shape index (κ1) is 19.4. The molecule has 2 aliphatic rings. The minimum atomic E-state index is -1.15. The molecule has 10 nitrogen and oxygen atoms in total. The van der Waals surface area contributed by atoms with Crippen molar-refractivity contribution < 1.29 is 28.4 Å². The van der Waals surface area contributed by atoms with E-state index in [-0.39, 0.29) is 6.54 Å². The molecule has 1 aromatic heterocycles. The zero-order valence-corrected chi connectivity index (χ0v) is 15.8. The maximum atomic E-state index is 13.5. The minimum Gasteiger partial charge on any atom is -0.444 e. The first-order valence-electron chi connectivity index (χ1n) is 8.56. The Hall–Kier alpha value is -2.37. The number of cyclic esters (lactones) is 1. The lowest BCUT2D eigenvalue weighted by molar-refractivity contribution is -0.784. The molecule has 0 spiro atoms. The number of nitrogens with one attached hydrogen (secondary N) is 1. The number of thiazole rings is 1. The van der Waals surface area contributed by atoms with Gasteiger partial charge in [0.15, 0.2) is 12.1 Å². The van der Waals surface area contributed by atoms with E-state index in [0.717, 1.165) is 0 Å². The number of rotatable bonds is 4. The van der Waals surface area contributed by atoms with Crippen LogP contribution in [0.15, 0.2) is 10.9 Å². The van der Waals surface area contributed by atoms with Crippen LogP contribution in [0, 0.1) is 0 Å². The monoisotopic (exact) mass is 396 g/mol. The molecule has 4 amide bonds. The van der Waals surface area contributed by atoms with Gasteiger partial charge in [-0.2, -0.15) is 4.48 Å². The summed E-state index contributed by atoms with van der Waals surface area (Å²) in [5, 5.41) is 4.19. The van der Waals surface area contributed by atoms with Crippen molar-refractivity contribution in [3.63, 3.8) is 0 Å². The molecule has 11 heteroatoms. The van der Waals surface area contributed by atoms with Crippen molar-refractivity contribution in [1.29, 1.82) is 0 Å². The average molecular weight is 396 g/mol. The van der Waals surface area contributed by atoms with Crippen LogP contribution < -0.4 is 16.8 Å². The average Bonchev–Trinajstić information content (AvgIpc) is 3.31. The van der Waals surface area contributed by atoms with E-state index in [4.69, 9.17) is 16.2 Å². The number of alkyl carbamates (subject to hydrolysis) is 1. The molecular weight excluding hydrogens is 374 g/mol. The Morgan fingerprint density at radius 1 is 1.44 bits per heavy atom. The molecule has 0 aliphatic carbocycles. The fourth-order valence-corrected chi connectivity index (χ4v) is 4.69. The Labute approximate surface area is 159 Å². The van der Waals surface area contributed by atoms with Gasteiger partial charge in [-0.3, -0.25) is 4.79 Å². The van der Waals surface area contributed by atoms with E-state index >= 15 is 0 Å². The van der Waals surface area contributed by atoms with E-state index in [0.29, 0.717) is 12.1 Å². The highest BCUT2D eigenvalue weighted by atomic mass is 32.1. The zero-order valence-electron chi connectivity index (χ0n) is 15.0. The molecule has 0 saturated carbocycles. The summed E-state index contributed by atoms with van der Waals surface area (Å²) < 4.78 is 4.14. The Balaban J connectivity index is 2.10. The lowest BCUT2D eigenvalue weighted by Crippen LogP contribution is -2.71. The SMILES string of the molecule is CC1OC(=O)NC1C(=O)[N@@+]1(C(=O)[C@H](C)N)CC[C@H](c2cscn2)[C@H]1C(N)=O. The first-order chi connectivity index (χ1) is 12.7. The number of nitrogens with zero attached hydrogens (tertiary/aromatic N) is 2. The van der Waals surface area contributed by atoms with Gasteiger partial charge in [0.05, 0.1) is 23.7 Å². The van der Waals surface area contributed by atoms with Crippen LogP contribution in [0.25, 0.3) is 0 Å². The molecule has 27 heavy (non-hydrogen) atoms. The molecule has 1 aromatic rings. The molecule has 3 rings (SSSR count). The van der Waals surface area contributed by atoms with Crippen molar-refractivity contribution in [3.05, 3.63) is 16.6 Å². The number of aromatic nitrogens is 1. The van der Waals surface area contributed by atoms with Gasteiger partial charge >= 0.3 is 17.9 Å². The van der Waals surface area contributed by atoms with E-state index in [1.54, 1.807) is 17.8 Å². The Morgan fingerprint density at radius 2 is 2.15 bits per heavy atom. The summed E-state index contributed by atoms with van der Waals surface area (Å²) in [4.78, 5) is 54.8. The van der Waals surface area contributed by atoms with Gasteiger partial charge in [-0.1, -0.05) is 0 Å². The topological polar surface area (TPSA) is 154 Å². The largest absolute Gasteiger partial charge is 0.444 e. The van der Waals surface area contributed by atoms with Gasteiger partial charge in [-0.25, -0.2) is 19.4 Å². The minimum absolute atomic E-state index is 0.0497. The molecule has 0 aromatic carbocycles. The fraction of sp³-hybridized carbons (Fsp3) is 0.562. The molecule has 2 saturated heterocycles. The molecular formula is C16H22N5O5S+. The van der Waals surface area contributed by atoms with E-state index in [9.17, 15) is 19.2 Å². The number of hydrogen-bond acceptors (Lipinski definition) is 8. The molecule has 2 unspecified atom stereocenters. The van der Waals surface area contributed by atoms with Crippen molar-refractivity contribution in [1.82, 2.24) is 10.3 Å². The van der Waals surface area contributed by atoms with Crippen LogP contribution in [0.4, 0.5) is 4.79 Å². The highest BCUT2D eigenvalue weighted by molar-refractivity contribution is 7.07. The lowest BCUT2D eigenvalue weighted by Gasteiger charge is -2.37. The van der Waals surface area contributed by atoms with Gasteiger partial charge in [-0.15, -0.1) is 11.3 Å². The van der Waals surface area contributed by atoms with Crippen molar-refractivity contribution in [2.45, 2.75) is 50.4 Å². The molecule has 2 aliphatic heterocycles. The third-order valence-corrected chi connectivity index (χ3v) is 5.85. The van der Waals surface area contributed by atoms with Crippen LogP contribution in [-0.2, 0) is 19.1 Å². The standard InChI is InChI=1S/C16H21N5O5S/c1-7(17)14(23)21(15(24)11-8(2)26-16(25)20-11)4-3-9(12(21)13(18)22)10-5-27-6-19-10/h5-9,11-12H,3-4,17H2,1-2H3,(H2-,18,20,22,25)/p+1/t7-,8?,9+,11?,12-,21-/m0/s1. The number of hydrogen-bond donors (Lipinski definition) is 3. The summed E-state index contributed by atoms with van der Waals surface area (Å²) in [5.74, 6) is -2.54. The molecule has 0 radical (unpaired) electrons. The maximum Gasteiger partial charge on any atom is 0.408 e. The highest BCUT2D eigenvalue weighted by Crippen LogP contribution is 2.41. The number of carbonyl (C=O) groups excluding carboxylic acids is 4. The van der Waals surface area contributed by atoms with Crippen LogP contribution in [0.3, 0.4) is 0 Å². The predicted octanol–water partition coefficient (Wildman–Crippen LogP) is -0.802. The fourth-order valence-electron chi connectivity index (χ4n) is 4.07. The summed E-state index contributed by atoms with van der Waals surface area (Å²) in [6.45, 7) is 3.05. The number of nitrogens with two attached hydrogens (primary N) is 2. The molecule has 2 fully saturated rings. The van der Waals surface area contributed by atoms with Crippen LogP contribution in [-0.4, -0.2) is 64.1 Å². The number of imide groups is 1. The van der Waals surface area contributed by atoms with Crippen LogP contribution >= 0.6 is 11.3 Å². The van der Waals surface area contributed by atoms with Gasteiger partial charge in [0.25, 0.3) is 5.91 Å². The predicted molar refractivity (Wildman–Crippen MR) is 94.1 cm³/mol. The van der Waals surface area contributed by atoms with Gasteiger partial charge in [-0.05, 0) is 13.8 Å². The number of ether oxygens (including phenoxy) is 1. The number of carbonyl (C=O) groups is 4. The maximum absolute atomic E-state index is 13.5. The molecule has 0 bridgehead atoms. The zero-order chi connectivity index (χ0) is 19.9. The molecule has 6 atom stereocenters. The summed E-state index contributed by atoms with van der Waals surface area (Å²) in [7, 11) is 0. The number of primary amides is 1. The third kappa shape index (κ3) is 3.01. The normalized spacial score (nSPS) is 34.0. The smallest absolute Gasteiger partial charge is 0.408 e. The number of amides is 4. The second-order valence-corrected chi connectivity index (χ2v) is 7.66. The second kappa shape index (κ2) is 6.98. The Morgan fingerprint density at radius 3 is 2.63 bits per heavy atom. The van der Waals surface area contributed by atoms with Gasteiger partial charge in [0.1, 0.15) is 12.1 Å². The lowest BCUT2D eigenvalue weighted by atomic mass is 9.94. The van der Waals surface area contributed by atoms with Crippen molar-refractivity contribution in [2.24, 2.45) is 11.5 Å². The van der Waals surface area contributed by atoms with Crippen molar-refractivity contribution in [2.75, 3.05) is 6.54 Å². The molecule has 3 heterocycles. The first-order valence-corrected chi connectivity index (χ1v) is 9.51. The van der Waals surface area contributed by atoms with Crippen LogP contribution in [0.5, 0.6) is 0 Å². The summed E-state index contributed by atoms with van der Waals surface area (Å²) in [6, 6.07) is -3.22. The van der Waals surface area contributed by atoms with E-state index < -0.39 is 58.4 Å². The van der Waals surface area contributed by atoms with Gasteiger partial charge in [0, 0.05) is 11.8 Å². The third-order valence-electron chi connectivity index (χ3n) is 5.25. The second-order valence-electron chi connectivity index (χ2n) is 6.95. The summed E-state index contributed by atoms with van der Waals surface area (Å²) >= 11 is 1.35. The molecule has 146 valence electrons.